The molecule has 0 atom stereocenters. The summed E-state index contributed by atoms with van der Waals surface area (Å²) < 4.78 is 5.20. The maximum absolute atomic E-state index is 11.6. The van der Waals surface area contributed by atoms with E-state index in [9.17, 15) is 4.79 Å². The first kappa shape index (κ1) is 15.0. The number of methoxy groups -OCH3 is 1. The van der Waals surface area contributed by atoms with Crippen LogP contribution in [-0.4, -0.2) is 25.0 Å². The largest absolute Gasteiger partial charge is 0.381 e. The first-order valence-electron chi connectivity index (χ1n) is 6.72. The molecule has 1 heterocycles. The average Bonchev–Trinajstić information content (AvgIpc) is 2.54. The lowest BCUT2D eigenvalue weighted by Gasteiger charge is -2.11. The van der Waals surface area contributed by atoms with E-state index in [0.29, 0.717) is 18.8 Å². The van der Waals surface area contributed by atoms with Gasteiger partial charge in [-0.15, -0.1) is 0 Å². The van der Waals surface area contributed by atoms with E-state index in [-0.39, 0.29) is 5.91 Å². The fourth-order valence-corrected chi connectivity index (χ4v) is 2.02. The van der Waals surface area contributed by atoms with E-state index in [1.807, 2.05) is 24.3 Å². The molecule has 2 rings (SSSR count). The number of aromatic nitrogens is 1. The summed E-state index contributed by atoms with van der Waals surface area (Å²) in [6.45, 7) is 1.24. The van der Waals surface area contributed by atoms with E-state index in [0.717, 1.165) is 16.8 Å². The number of benzene rings is 1. The number of nitrogens with zero attached hydrogens (tertiary/aromatic N) is 1. The maximum Gasteiger partial charge on any atom is 0.269 e. The molecule has 1 aromatic heterocycles. The number of carbonyl (C=O) groups is 1. The van der Waals surface area contributed by atoms with Gasteiger partial charge in [0.2, 0.25) is 0 Å². The third kappa shape index (κ3) is 4.03. The molecule has 5 heteroatoms. The Hall–Kier alpha value is -2.40. The number of amides is 1. The molecule has 1 amide bonds. The molecule has 0 aliphatic rings. The summed E-state index contributed by atoms with van der Waals surface area (Å²) in [6.07, 6.45) is 1.62. The van der Waals surface area contributed by atoms with Crippen molar-refractivity contribution >= 4 is 11.6 Å². The highest BCUT2D eigenvalue weighted by Gasteiger charge is 2.06. The molecule has 2 N–H and O–H groups in total. The zero-order chi connectivity index (χ0) is 15.1. The van der Waals surface area contributed by atoms with Crippen LogP contribution < -0.4 is 10.6 Å². The fourth-order valence-electron chi connectivity index (χ4n) is 2.02. The van der Waals surface area contributed by atoms with Gasteiger partial charge in [0.05, 0.1) is 6.61 Å². The Morgan fingerprint density at radius 2 is 2.00 bits per heavy atom. The van der Waals surface area contributed by atoms with Gasteiger partial charge < -0.3 is 15.4 Å². The molecule has 1 aromatic carbocycles. The topological polar surface area (TPSA) is 63.2 Å². The van der Waals surface area contributed by atoms with Gasteiger partial charge in [-0.1, -0.05) is 24.3 Å². The SMILES string of the molecule is CNC(=O)c1cc(NCc2ccccc2COC)ccn1. The number of hydrogen-bond acceptors (Lipinski definition) is 4. The van der Waals surface area contributed by atoms with Crippen molar-refractivity contribution in [3.8, 4) is 0 Å². The Morgan fingerprint density at radius 1 is 1.24 bits per heavy atom. The van der Waals surface area contributed by atoms with Crippen molar-refractivity contribution in [1.82, 2.24) is 10.3 Å². The Balaban J connectivity index is 2.08. The number of anilines is 1. The lowest BCUT2D eigenvalue weighted by Crippen LogP contribution is -2.19. The highest BCUT2D eigenvalue weighted by molar-refractivity contribution is 5.92. The molecule has 0 bridgehead atoms. The predicted octanol–water partition coefficient (Wildman–Crippen LogP) is 2.20. The monoisotopic (exact) mass is 285 g/mol. The van der Waals surface area contributed by atoms with Crippen LogP contribution in [0.1, 0.15) is 21.6 Å². The van der Waals surface area contributed by atoms with Crippen molar-refractivity contribution in [2.45, 2.75) is 13.2 Å². The molecule has 0 saturated heterocycles. The van der Waals surface area contributed by atoms with Crippen LogP contribution in [0.4, 0.5) is 5.69 Å². The number of rotatable bonds is 6. The lowest BCUT2D eigenvalue weighted by atomic mass is 10.1. The van der Waals surface area contributed by atoms with Crippen molar-refractivity contribution in [2.75, 3.05) is 19.5 Å². The van der Waals surface area contributed by atoms with Gasteiger partial charge in [-0.2, -0.15) is 0 Å². The van der Waals surface area contributed by atoms with Gasteiger partial charge in [0.25, 0.3) is 5.91 Å². The van der Waals surface area contributed by atoms with Gasteiger partial charge in [0, 0.05) is 32.6 Å². The molecule has 5 nitrogen and oxygen atoms in total. The number of ether oxygens (including phenoxy) is 1. The minimum absolute atomic E-state index is 0.196. The molecular formula is C16H19N3O2. The molecule has 110 valence electrons. The molecule has 0 saturated carbocycles. The molecule has 0 aliphatic heterocycles. The number of pyridine rings is 1. The minimum atomic E-state index is -0.196. The number of carbonyl (C=O) groups excluding carboxylic acids is 1. The summed E-state index contributed by atoms with van der Waals surface area (Å²) in [5.74, 6) is -0.196. The predicted molar refractivity (Wildman–Crippen MR) is 82.1 cm³/mol. The van der Waals surface area contributed by atoms with Crippen molar-refractivity contribution in [1.29, 1.82) is 0 Å². The van der Waals surface area contributed by atoms with Crippen molar-refractivity contribution < 1.29 is 9.53 Å². The molecule has 21 heavy (non-hydrogen) atoms. The van der Waals surface area contributed by atoms with Gasteiger partial charge in [0.15, 0.2) is 0 Å². The average molecular weight is 285 g/mol. The summed E-state index contributed by atoms with van der Waals surface area (Å²) in [5, 5.41) is 5.87. The zero-order valence-corrected chi connectivity index (χ0v) is 12.2. The minimum Gasteiger partial charge on any atom is -0.381 e. The molecule has 0 unspecified atom stereocenters. The second kappa shape index (κ2) is 7.40. The van der Waals surface area contributed by atoms with Gasteiger partial charge in [-0.05, 0) is 23.3 Å². The van der Waals surface area contributed by atoms with E-state index < -0.39 is 0 Å². The van der Waals surface area contributed by atoms with Gasteiger partial charge in [-0.25, -0.2) is 0 Å². The summed E-state index contributed by atoms with van der Waals surface area (Å²) in [5.41, 5.74) is 3.56. The van der Waals surface area contributed by atoms with Gasteiger partial charge in [-0.3, -0.25) is 9.78 Å². The summed E-state index contributed by atoms with van der Waals surface area (Å²) in [6, 6.07) is 11.7. The van der Waals surface area contributed by atoms with Crippen LogP contribution in [0, 0.1) is 0 Å². The third-order valence-corrected chi connectivity index (χ3v) is 3.12. The van der Waals surface area contributed by atoms with Crippen LogP contribution in [0.15, 0.2) is 42.6 Å². The fraction of sp³-hybridized carbons (Fsp3) is 0.250. The summed E-state index contributed by atoms with van der Waals surface area (Å²) >= 11 is 0. The Bertz CT molecular complexity index is 614. The first-order valence-corrected chi connectivity index (χ1v) is 6.72. The van der Waals surface area contributed by atoms with Crippen molar-refractivity contribution in [3.05, 3.63) is 59.4 Å². The van der Waals surface area contributed by atoms with Crippen molar-refractivity contribution in [2.24, 2.45) is 0 Å². The van der Waals surface area contributed by atoms with Gasteiger partial charge in [0.1, 0.15) is 5.69 Å². The number of nitrogens with one attached hydrogen (secondary N) is 2. The molecule has 2 aromatic rings. The highest BCUT2D eigenvalue weighted by atomic mass is 16.5. The van der Waals surface area contributed by atoms with Crippen LogP contribution in [0.25, 0.3) is 0 Å². The second-order valence-corrected chi connectivity index (χ2v) is 4.56. The standard InChI is InChI=1S/C16H19N3O2/c1-17-16(20)15-9-14(7-8-18-15)19-10-12-5-3-4-6-13(12)11-21-2/h3-9H,10-11H2,1-2H3,(H,17,20)(H,18,19). The van der Waals surface area contributed by atoms with E-state index in [1.165, 1.54) is 0 Å². The van der Waals surface area contributed by atoms with Crippen LogP contribution in [0.3, 0.4) is 0 Å². The Labute approximate surface area is 124 Å². The lowest BCUT2D eigenvalue weighted by molar-refractivity contribution is 0.0958. The van der Waals surface area contributed by atoms with Crippen LogP contribution in [0.5, 0.6) is 0 Å². The van der Waals surface area contributed by atoms with Gasteiger partial charge >= 0.3 is 0 Å². The van der Waals surface area contributed by atoms with Crippen molar-refractivity contribution in [3.63, 3.8) is 0 Å². The highest BCUT2D eigenvalue weighted by Crippen LogP contribution is 2.14. The molecule has 0 radical (unpaired) electrons. The van der Waals surface area contributed by atoms with Crippen LogP contribution in [0.2, 0.25) is 0 Å². The van der Waals surface area contributed by atoms with Crippen LogP contribution in [-0.2, 0) is 17.9 Å². The third-order valence-electron chi connectivity index (χ3n) is 3.12. The van der Waals surface area contributed by atoms with E-state index in [1.54, 1.807) is 26.4 Å². The first-order chi connectivity index (χ1) is 10.2. The summed E-state index contributed by atoms with van der Waals surface area (Å²) in [7, 11) is 3.27. The smallest absolute Gasteiger partial charge is 0.269 e. The van der Waals surface area contributed by atoms with E-state index >= 15 is 0 Å². The quantitative estimate of drug-likeness (QED) is 0.854. The molecule has 0 fully saturated rings. The summed E-state index contributed by atoms with van der Waals surface area (Å²) in [4.78, 5) is 15.6. The maximum atomic E-state index is 11.6. The van der Waals surface area contributed by atoms with E-state index in [4.69, 9.17) is 4.74 Å². The number of hydrogen-bond donors (Lipinski definition) is 2. The molecular weight excluding hydrogens is 266 g/mol. The Morgan fingerprint density at radius 3 is 2.71 bits per heavy atom. The normalized spacial score (nSPS) is 10.2. The van der Waals surface area contributed by atoms with E-state index in [2.05, 4.69) is 21.7 Å². The molecule has 0 spiro atoms. The Kier molecular flexibility index (Phi) is 5.29. The van der Waals surface area contributed by atoms with Crippen LogP contribution >= 0.6 is 0 Å². The zero-order valence-electron chi connectivity index (χ0n) is 12.2. The second-order valence-electron chi connectivity index (χ2n) is 4.56. The molecule has 0 aliphatic carbocycles.